The summed E-state index contributed by atoms with van der Waals surface area (Å²) in [5.41, 5.74) is 1.84. The second kappa shape index (κ2) is 11.2. The van der Waals surface area contributed by atoms with Gasteiger partial charge in [-0.05, 0) is 74.1 Å². The maximum Gasteiger partial charge on any atom is 0.419 e. The molecule has 2 aromatic carbocycles. The summed E-state index contributed by atoms with van der Waals surface area (Å²) in [6, 6.07) is 11.7. The summed E-state index contributed by atoms with van der Waals surface area (Å²) < 4.78 is 52.2. The van der Waals surface area contributed by atoms with Gasteiger partial charge in [-0.15, -0.1) is 11.7 Å². The third-order valence-corrected chi connectivity index (χ3v) is 8.18. The van der Waals surface area contributed by atoms with Crippen LogP contribution in [0.5, 0.6) is 0 Å². The van der Waals surface area contributed by atoms with Gasteiger partial charge in [-0.2, -0.15) is 24.9 Å². The fourth-order valence-electron chi connectivity index (χ4n) is 3.51. The molecule has 2 atom stereocenters. The van der Waals surface area contributed by atoms with E-state index in [0.717, 1.165) is 37.8 Å². The van der Waals surface area contributed by atoms with Crippen LogP contribution in [0.15, 0.2) is 42.5 Å². The van der Waals surface area contributed by atoms with Crippen molar-refractivity contribution in [2.45, 2.75) is 62.1 Å². The van der Waals surface area contributed by atoms with Gasteiger partial charge in [0.05, 0.1) is 5.56 Å². The summed E-state index contributed by atoms with van der Waals surface area (Å²) in [6.45, 7) is 4.24. The number of rotatable bonds is 10. The highest BCUT2D eigenvalue weighted by molar-refractivity contribution is 8.68. The predicted octanol–water partition coefficient (Wildman–Crippen LogP) is 8.04. The molecule has 0 fully saturated rings. The minimum Gasteiger partial charge on any atom is -0.206 e. The van der Waals surface area contributed by atoms with Crippen molar-refractivity contribution < 1.29 is 17.6 Å². The maximum atomic E-state index is 14.0. The molecule has 0 aliphatic rings. The van der Waals surface area contributed by atoms with E-state index in [1.807, 2.05) is 6.26 Å². The summed E-state index contributed by atoms with van der Waals surface area (Å²) in [6.07, 6.45) is 1.78. The van der Waals surface area contributed by atoms with Crippen molar-refractivity contribution >= 4 is 34.2 Å². The van der Waals surface area contributed by atoms with Gasteiger partial charge in [-0.3, -0.25) is 0 Å². The van der Waals surface area contributed by atoms with Crippen molar-refractivity contribution in [1.29, 1.82) is 0 Å². The van der Waals surface area contributed by atoms with Crippen LogP contribution in [0.2, 0.25) is 0 Å². The molecule has 166 valence electrons. The summed E-state index contributed by atoms with van der Waals surface area (Å²) in [4.78, 5) is 0. The van der Waals surface area contributed by atoms with E-state index in [0.29, 0.717) is 17.2 Å². The van der Waals surface area contributed by atoms with E-state index >= 15 is 0 Å². The van der Waals surface area contributed by atoms with E-state index < -0.39 is 17.6 Å². The van der Waals surface area contributed by atoms with Crippen molar-refractivity contribution in [3.63, 3.8) is 0 Å². The Labute approximate surface area is 190 Å². The Morgan fingerprint density at radius 2 is 1.63 bits per heavy atom. The Hall–Kier alpha value is -0.790. The fourth-order valence-corrected chi connectivity index (χ4v) is 4.72. The highest BCUT2D eigenvalue weighted by Crippen LogP contribution is 2.35. The molecule has 0 spiro atoms. The molecule has 2 rings (SSSR count). The number of hydrogen-bond donors (Lipinski definition) is 1. The van der Waals surface area contributed by atoms with E-state index in [1.165, 1.54) is 17.2 Å². The molecule has 0 bridgehead atoms. The zero-order valence-electron chi connectivity index (χ0n) is 17.4. The average Bonchev–Trinajstić information content (AvgIpc) is 2.67. The second-order valence-corrected chi connectivity index (χ2v) is 11.0. The van der Waals surface area contributed by atoms with E-state index in [4.69, 9.17) is 0 Å². The van der Waals surface area contributed by atoms with Crippen LogP contribution >= 0.6 is 34.2 Å². The lowest BCUT2D eigenvalue weighted by molar-refractivity contribution is -0.140. The van der Waals surface area contributed by atoms with Crippen LogP contribution in [-0.2, 0) is 25.4 Å². The molecule has 0 radical (unpaired) electrons. The highest BCUT2D eigenvalue weighted by Gasteiger charge is 2.34. The van der Waals surface area contributed by atoms with Gasteiger partial charge in [0, 0.05) is 10.00 Å². The summed E-state index contributed by atoms with van der Waals surface area (Å²) in [5.74, 6) is -1.21. The Morgan fingerprint density at radius 1 is 1.00 bits per heavy atom. The van der Waals surface area contributed by atoms with Crippen LogP contribution in [0.4, 0.5) is 17.6 Å². The zero-order valence-corrected chi connectivity index (χ0v) is 20.0. The normalized spacial score (nSPS) is 15.1. The van der Waals surface area contributed by atoms with Crippen molar-refractivity contribution in [1.82, 2.24) is 0 Å². The van der Waals surface area contributed by atoms with Gasteiger partial charge >= 0.3 is 6.18 Å². The molecule has 0 heterocycles. The molecule has 0 saturated carbocycles. The van der Waals surface area contributed by atoms with Crippen molar-refractivity contribution in [3.05, 3.63) is 70.5 Å². The Balaban J connectivity index is 2.08. The molecule has 0 saturated heterocycles. The third-order valence-electron chi connectivity index (χ3n) is 5.24. The monoisotopic (exact) mass is 476 g/mol. The van der Waals surface area contributed by atoms with Crippen LogP contribution in [0.25, 0.3) is 0 Å². The molecule has 0 amide bonds. The third kappa shape index (κ3) is 7.72. The highest BCUT2D eigenvalue weighted by atomic mass is 33.1. The summed E-state index contributed by atoms with van der Waals surface area (Å²) in [7, 11) is 1.58. The largest absolute Gasteiger partial charge is 0.419 e. The summed E-state index contributed by atoms with van der Waals surface area (Å²) >= 11 is 5.90. The van der Waals surface area contributed by atoms with E-state index in [-0.39, 0.29) is 4.75 Å². The minimum absolute atomic E-state index is 0.248. The lowest BCUT2D eigenvalue weighted by Crippen LogP contribution is -2.26. The number of hydrogen-bond acceptors (Lipinski definition) is 3. The minimum atomic E-state index is -4.67. The molecule has 0 nitrogen and oxygen atoms in total. The quantitative estimate of drug-likeness (QED) is 0.209. The second-order valence-electron chi connectivity index (χ2n) is 7.95. The predicted molar refractivity (Wildman–Crippen MR) is 126 cm³/mol. The van der Waals surface area contributed by atoms with Crippen LogP contribution in [0.3, 0.4) is 0 Å². The first-order valence-electron chi connectivity index (χ1n) is 9.85. The standard InChI is InChI=1S/C23H28F4S3/c1-16(30-28)6-4-7-17-8-5-9-18(12-17)14-22(2,29-3)15-19-10-11-20(21(24)13-19)23(25,26)27/h5,8-13,16,28H,4,6-7,14-15H2,1-3H3. The number of aryl methyl sites for hydroxylation is 1. The molecule has 2 aromatic rings. The SMILES string of the molecule is CSC(C)(Cc1cccc(CCCC(C)SS)c1)Cc1ccc(C(F)(F)F)c(F)c1. The lowest BCUT2D eigenvalue weighted by Gasteiger charge is -2.28. The van der Waals surface area contributed by atoms with Crippen molar-refractivity contribution in [2.24, 2.45) is 0 Å². The van der Waals surface area contributed by atoms with Gasteiger partial charge in [0.15, 0.2) is 0 Å². The van der Waals surface area contributed by atoms with Crippen LogP contribution in [-0.4, -0.2) is 16.3 Å². The van der Waals surface area contributed by atoms with E-state index in [9.17, 15) is 17.6 Å². The summed E-state index contributed by atoms with van der Waals surface area (Å²) in [5, 5.41) is 0.528. The first kappa shape index (κ1) is 25.5. The van der Waals surface area contributed by atoms with Crippen molar-refractivity contribution in [3.8, 4) is 0 Å². The van der Waals surface area contributed by atoms with Crippen LogP contribution < -0.4 is 0 Å². The van der Waals surface area contributed by atoms with Gasteiger partial charge in [0.25, 0.3) is 0 Å². The first-order valence-corrected chi connectivity index (χ1v) is 13.0. The topological polar surface area (TPSA) is 0 Å². The Morgan fingerprint density at radius 3 is 2.20 bits per heavy atom. The van der Waals surface area contributed by atoms with Gasteiger partial charge in [-0.25, -0.2) is 4.39 Å². The fraction of sp³-hybridized carbons (Fsp3) is 0.478. The van der Waals surface area contributed by atoms with Crippen LogP contribution in [0.1, 0.15) is 48.9 Å². The molecule has 0 N–H and O–H groups in total. The van der Waals surface area contributed by atoms with Gasteiger partial charge in [-0.1, -0.05) is 48.0 Å². The lowest BCUT2D eigenvalue weighted by atomic mass is 9.91. The van der Waals surface area contributed by atoms with Gasteiger partial charge in [0.2, 0.25) is 0 Å². The number of halogens is 4. The molecule has 30 heavy (non-hydrogen) atoms. The molecular formula is C23H28F4S3. The van der Waals surface area contributed by atoms with E-state index in [2.05, 4.69) is 49.8 Å². The Bertz CT molecular complexity index is 822. The van der Waals surface area contributed by atoms with Crippen molar-refractivity contribution in [2.75, 3.05) is 6.26 Å². The number of thiol groups is 1. The number of benzene rings is 2. The molecule has 2 unspecified atom stereocenters. The molecule has 0 aliphatic carbocycles. The molecule has 0 aliphatic heterocycles. The number of alkyl halides is 3. The zero-order chi connectivity index (χ0) is 22.4. The van der Waals surface area contributed by atoms with Gasteiger partial charge in [0.1, 0.15) is 5.82 Å². The maximum absolute atomic E-state index is 14.0. The average molecular weight is 477 g/mol. The van der Waals surface area contributed by atoms with E-state index in [1.54, 1.807) is 22.6 Å². The molecular weight excluding hydrogens is 448 g/mol. The van der Waals surface area contributed by atoms with Crippen LogP contribution in [0, 0.1) is 5.82 Å². The molecule has 7 heteroatoms. The van der Waals surface area contributed by atoms with Gasteiger partial charge < -0.3 is 0 Å². The Kier molecular flexibility index (Phi) is 9.50. The molecule has 0 aromatic heterocycles. The smallest absolute Gasteiger partial charge is 0.206 e. The first-order chi connectivity index (χ1) is 14.1. The number of thioether (sulfide) groups is 1.